The molecular formula is C22H26N2O3. The van der Waals surface area contributed by atoms with Crippen molar-refractivity contribution in [1.29, 1.82) is 0 Å². The monoisotopic (exact) mass is 366 g/mol. The third-order valence-corrected chi connectivity index (χ3v) is 4.95. The molecule has 2 aromatic carbocycles. The summed E-state index contributed by atoms with van der Waals surface area (Å²) >= 11 is 0. The number of ketones is 1. The molecule has 1 heterocycles. The zero-order chi connectivity index (χ0) is 19.1. The first kappa shape index (κ1) is 19.0. The summed E-state index contributed by atoms with van der Waals surface area (Å²) in [5, 5.41) is 0. The Kier molecular flexibility index (Phi) is 6.47. The van der Waals surface area contributed by atoms with Crippen molar-refractivity contribution >= 4 is 17.4 Å². The Labute approximate surface area is 160 Å². The first-order chi connectivity index (χ1) is 13.2. The van der Waals surface area contributed by atoms with E-state index >= 15 is 0 Å². The van der Waals surface area contributed by atoms with Crippen molar-refractivity contribution < 1.29 is 14.3 Å². The average molecular weight is 366 g/mol. The fourth-order valence-corrected chi connectivity index (χ4v) is 3.41. The van der Waals surface area contributed by atoms with Crippen LogP contribution in [0.1, 0.15) is 29.6 Å². The highest BCUT2D eigenvalue weighted by molar-refractivity contribution is 5.96. The lowest BCUT2D eigenvalue weighted by molar-refractivity contribution is -0.131. The number of benzene rings is 2. The Bertz CT molecular complexity index is 768. The van der Waals surface area contributed by atoms with E-state index in [2.05, 4.69) is 4.90 Å². The quantitative estimate of drug-likeness (QED) is 0.705. The number of Topliss-reactive ketones (excluding diaryl/α,β-unsaturated/α-hetero) is 1. The summed E-state index contributed by atoms with van der Waals surface area (Å²) in [4.78, 5) is 28.7. The molecule has 1 aliphatic rings. The highest BCUT2D eigenvalue weighted by Gasteiger charge is 2.22. The average Bonchev–Trinajstić information content (AvgIpc) is 2.74. The van der Waals surface area contributed by atoms with Crippen molar-refractivity contribution in [1.82, 2.24) is 4.90 Å². The van der Waals surface area contributed by atoms with Crippen LogP contribution in [0.3, 0.4) is 0 Å². The molecule has 0 atom stereocenters. The summed E-state index contributed by atoms with van der Waals surface area (Å²) in [7, 11) is 1.68. The fraction of sp³-hybridized carbons (Fsp3) is 0.364. The van der Waals surface area contributed by atoms with E-state index in [-0.39, 0.29) is 11.7 Å². The summed E-state index contributed by atoms with van der Waals surface area (Å²) in [6.07, 6.45) is 1.43. The smallest absolute Gasteiger partial charge is 0.222 e. The number of nitrogens with zero attached hydrogens (tertiary/aromatic N) is 2. The fourth-order valence-electron chi connectivity index (χ4n) is 3.41. The summed E-state index contributed by atoms with van der Waals surface area (Å²) in [5.41, 5.74) is 1.79. The lowest BCUT2D eigenvalue weighted by Gasteiger charge is -2.36. The van der Waals surface area contributed by atoms with Crippen LogP contribution in [0.15, 0.2) is 54.6 Å². The topological polar surface area (TPSA) is 49.9 Å². The maximum Gasteiger partial charge on any atom is 0.222 e. The van der Waals surface area contributed by atoms with E-state index in [4.69, 9.17) is 4.74 Å². The zero-order valence-electron chi connectivity index (χ0n) is 15.8. The SMILES string of the molecule is COc1ccccc1N1CCN(C(=O)CCCC(=O)c2ccccc2)CC1. The van der Waals surface area contributed by atoms with Gasteiger partial charge in [0.2, 0.25) is 5.91 Å². The van der Waals surface area contributed by atoms with Crippen LogP contribution in [0.25, 0.3) is 0 Å². The highest BCUT2D eigenvalue weighted by Crippen LogP contribution is 2.28. The van der Waals surface area contributed by atoms with E-state index in [9.17, 15) is 9.59 Å². The first-order valence-electron chi connectivity index (χ1n) is 9.43. The molecule has 5 nitrogen and oxygen atoms in total. The molecule has 0 spiro atoms. The van der Waals surface area contributed by atoms with Crippen molar-refractivity contribution in [2.75, 3.05) is 38.2 Å². The summed E-state index contributed by atoms with van der Waals surface area (Å²) < 4.78 is 5.43. The van der Waals surface area contributed by atoms with Crippen LogP contribution in [0, 0.1) is 0 Å². The molecule has 0 unspecified atom stereocenters. The molecule has 142 valence electrons. The van der Waals surface area contributed by atoms with Gasteiger partial charge in [-0.15, -0.1) is 0 Å². The van der Waals surface area contributed by atoms with Crippen LogP contribution in [0.5, 0.6) is 5.75 Å². The predicted molar refractivity (Wildman–Crippen MR) is 106 cm³/mol. The summed E-state index contributed by atoms with van der Waals surface area (Å²) in [6.45, 7) is 2.97. The highest BCUT2D eigenvalue weighted by atomic mass is 16.5. The van der Waals surface area contributed by atoms with Gasteiger partial charge in [0.05, 0.1) is 12.8 Å². The normalized spacial score (nSPS) is 14.1. The second-order valence-electron chi connectivity index (χ2n) is 6.68. The van der Waals surface area contributed by atoms with Gasteiger partial charge in [0.25, 0.3) is 0 Å². The van der Waals surface area contributed by atoms with E-state index in [0.717, 1.165) is 30.1 Å². The predicted octanol–water partition coefficient (Wildman–Crippen LogP) is 3.40. The number of carbonyl (C=O) groups is 2. The largest absolute Gasteiger partial charge is 0.495 e. The molecule has 3 rings (SSSR count). The van der Waals surface area contributed by atoms with Gasteiger partial charge in [0, 0.05) is 44.6 Å². The minimum atomic E-state index is 0.101. The number of para-hydroxylation sites is 2. The van der Waals surface area contributed by atoms with Crippen LogP contribution in [-0.4, -0.2) is 49.9 Å². The molecule has 1 amide bonds. The molecule has 5 heteroatoms. The molecule has 0 saturated carbocycles. The third kappa shape index (κ3) is 4.88. The molecule has 0 N–H and O–H groups in total. The minimum Gasteiger partial charge on any atom is -0.495 e. The van der Waals surface area contributed by atoms with Crippen LogP contribution in [0.4, 0.5) is 5.69 Å². The second kappa shape index (κ2) is 9.21. The Hall–Kier alpha value is -2.82. The van der Waals surface area contributed by atoms with Crippen LogP contribution in [-0.2, 0) is 4.79 Å². The van der Waals surface area contributed by atoms with Gasteiger partial charge in [-0.3, -0.25) is 9.59 Å². The summed E-state index contributed by atoms with van der Waals surface area (Å²) in [5.74, 6) is 1.09. The molecular weight excluding hydrogens is 340 g/mol. The van der Waals surface area contributed by atoms with Gasteiger partial charge in [-0.1, -0.05) is 42.5 Å². The van der Waals surface area contributed by atoms with Gasteiger partial charge in [0.15, 0.2) is 5.78 Å². The Morgan fingerprint density at radius 1 is 0.889 bits per heavy atom. The Morgan fingerprint density at radius 3 is 2.26 bits per heavy atom. The number of anilines is 1. The molecule has 1 fully saturated rings. The van der Waals surface area contributed by atoms with Gasteiger partial charge in [0.1, 0.15) is 5.75 Å². The van der Waals surface area contributed by atoms with Gasteiger partial charge in [-0.2, -0.15) is 0 Å². The van der Waals surface area contributed by atoms with E-state index in [0.29, 0.717) is 32.4 Å². The van der Waals surface area contributed by atoms with Crippen LogP contribution >= 0.6 is 0 Å². The number of amides is 1. The molecule has 0 aliphatic carbocycles. The molecule has 1 saturated heterocycles. The minimum absolute atomic E-state index is 0.101. The number of hydrogen-bond donors (Lipinski definition) is 0. The van der Waals surface area contributed by atoms with Gasteiger partial charge in [-0.25, -0.2) is 0 Å². The van der Waals surface area contributed by atoms with E-state index in [1.807, 2.05) is 59.5 Å². The number of hydrogen-bond acceptors (Lipinski definition) is 4. The maximum atomic E-state index is 12.5. The van der Waals surface area contributed by atoms with Crippen molar-refractivity contribution in [3.63, 3.8) is 0 Å². The van der Waals surface area contributed by atoms with Crippen molar-refractivity contribution in [3.05, 3.63) is 60.2 Å². The number of piperazine rings is 1. The lowest BCUT2D eigenvalue weighted by Crippen LogP contribution is -2.48. The first-order valence-corrected chi connectivity index (χ1v) is 9.43. The Balaban J connectivity index is 1.44. The maximum absolute atomic E-state index is 12.5. The van der Waals surface area contributed by atoms with Crippen LogP contribution in [0.2, 0.25) is 0 Å². The van der Waals surface area contributed by atoms with Gasteiger partial charge in [-0.05, 0) is 18.6 Å². The molecule has 27 heavy (non-hydrogen) atoms. The van der Waals surface area contributed by atoms with Crippen molar-refractivity contribution in [2.45, 2.75) is 19.3 Å². The summed E-state index contributed by atoms with van der Waals surface area (Å²) in [6, 6.07) is 17.2. The lowest BCUT2D eigenvalue weighted by atomic mass is 10.1. The van der Waals surface area contributed by atoms with E-state index < -0.39 is 0 Å². The standard InChI is InChI=1S/C22H26N2O3/c1-27-21-12-6-5-10-19(21)23-14-16-24(17-15-23)22(26)13-7-11-20(25)18-8-3-2-4-9-18/h2-6,8-10,12H,7,11,13-17H2,1H3. The third-order valence-electron chi connectivity index (χ3n) is 4.95. The van der Waals surface area contributed by atoms with Crippen molar-refractivity contribution in [2.24, 2.45) is 0 Å². The van der Waals surface area contributed by atoms with Gasteiger partial charge >= 0.3 is 0 Å². The molecule has 1 aliphatic heterocycles. The number of carbonyl (C=O) groups excluding carboxylic acids is 2. The van der Waals surface area contributed by atoms with Gasteiger partial charge < -0.3 is 14.5 Å². The molecule has 0 bridgehead atoms. The molecule has 2 aromatic rings. The second-order valence-corrected chi connectivity index (χ2v) is 6.68. The molecule has 0 aromatic heterocycles. The van der Waals surface area contributed by atoms with Crippen molar-refractivity contribution in [3.8, 4) is 5.75 Å². The number of ether oxygens (including phenoxy) is 1. The zero-order valence-corrected chi connectivity index (χ0v) is 15.8. The molecule has 0 radical (unpaired) electrons. The van der Waals surface area contributed by atoms with Crippen LogP contribution < -0.4 is 9.64 Å². The Morgan fingerprint density at radius 2 is 1.56 bits per heavy atom. The van der Waals surface area contributed by atoms with E-state index in [1.54, 1.807) is 7.11 Å². The number of methoxy groups -OCH3 is 1. The van der Waals surface area contributed by atoms with E-state index in [1.165, 1.54) is 0 Å². The number of rotatable bonds is 7.